The highest BCUT2D eigenvalue weighted by atomic mass is 32.2. The van der Waals surface area contributed by atoms with Gasteiger partial charge in [-0.05, 0) is 22.3 Å². The van der Waals surface area contributed by atoms with E-state index in [1.807, 2.05) is 53.3 Å². The van der Waals surface area contributed by atoms with Crippen LogP contribution < -0.4 is 15.2 Å². The van der Waals surface area contributed by atoms with Crippen LogP contribution in [0.3, 0.4) is 0 Å². The van der Waals surface area contributed by atoms with E-state index in [4.69, 9.17) is 15.0 Å². The summed E-state index contributed by atoms with van der Waals surface area (Å²) in [6.07, 6.45) is -0.967. The van der Waals surface area contributed by atoms with Crippen LogP contribution in [0.2, 0.25) is 0 Å². The van der Waals surface area contributed by atoms with Crippen molar-refractivity contribution in [1.82, 2.24) is 10.0 Å². The lowest BCUT2D eigenvalue weighted by molar-refractivity contribution is -0.139. The van der Waals surface area contributed by atoms with Gasteiger partial charge in [-0.3, -0.25) is 0 Å². The topological polar surface area (TPSA) is 148 Å². The highest BCUT2D eigenvalue weighted by molar-refractivity contribution is 7.87. The van der Waals surface area contributed by atoms with Crippen LogP contribution in [0, 0.1) is 0 Å². The molecule has 0 fully saturated rings. The molecule has 1 aliphatic carbocycles. The minimum Gasteiger partial charge on any atom is -0.480 e. The fraction of sp³-hybridized carbons (Fsp3) is 0.222. The third-order valence-electron chi connectivity index (χ3n) is 4.42. The summed E-state index contributed by atoms with van der Waals surface area (Å²) in [6, 6.07) is 14.0. The quantitative estimate of drug-likeness (QED) is 0.535. The average Bonchev–Trinajstić information content (AvgIpc) is 2.96. The van der Waals surface area contributed by atoms with Gasteiger partial charge in [0, 0.05) is 12.5 Å². The number of carbonyl (C=O) groups is 2. The molecule has 1 aliphatic rings. The molecule has 2 aromatic carbocycles. The van der Waals surface area contributed by atoms with E-state index < -0.39 is 34.9 Å². The lowest BCUT2D eigenvalue weighted by Gasteiger charge is -2.17. The van der Waals surface area contributed by atoms with Crippen LogP contribution in [-0.4, -0.2) is 44.8 Å². The van der Waals surface area contributed by atoms with Crippen LogP contribution in [0.25, 0.3) is 11.1 Å². The van der Waals surface area contributed by atoms with Gasteiger partial charge in [-0.25, -0.2) is 14.7 Å². The summed E-state index contributed by atoms with van der Waals surface area (Å²) in [7, 11) is -4.09. The Morgan fingerprint density at radius 2 is 1.61 bits per heavy atom. The molecule has 0 saturated carbocycles. The highest BCUT2D eigenvalue weighted by Gasteiger charge is 2.29. The molecule has 0 radical (unpaired) electrons. The van der Waals surface area contributed by atoms with E-state index in [0.717, 1.165) is 22.3 Å². The van der Waals surface area contributed by atoms with Crippen molar-refractivity contribution in [3.05, 3.63) is 59.7 Å². The van der Waals surface area contributed by atoms with Crippen LogP contribution in [0.15, 0.2) is 48.5 Å². The van der Waals surface area contributed by atoms with Crippen molar-refractivity contribution < 1.29 is 27.9 Å². The van der Waals surface area contributed by atoms with Gasteiger partial charge in [0.1, 0.15) is 12.6 Å². The second-order valence-electron chi connectivity index (χ2n) is 6.25. The number of benzene rings is 2. The third kappa shape index (κ3) is 4.47. The van der Waals surface area contributed by atoms with Gasteiger partial charge in [0.05, 0.1) is 0 Å². The summed E-state index contributed by atoms with van der Waals surface area (Å²) in [5, 5.41) is 16.0. The number of hydrogen-bond donors (Lipinski definition) is 4. The molecule has 0 spiro atoms. The lowest BCUT2D eigenvalue weighted by atomic mass is 9.98. The first-order chi connectivity index (χ1) is 13.3. The zero-order valence-corrected chi connectivity index (χ0v) is 15.5. The third-order valence-corrected chi connectivity index (χ3v) is 4.99. The molecule has 10 heteroatoms. The van der Waals surface area contributed by atoms with Crippen molar-refractivity contribution in [2.24, 2.45) is 5.14 Å². The van der Waals surface area contributed by atoms with E-state index in [9.17, 15) is 18.0 Å². The van der Waals surface area contributed by atoms with Crippen LogP contribution in [0.5, 0.6) is 0 Å². The van der Waals surface area contributed by atoms with Crippen molar-refractivity contribution in [2.75, 3.05) is 13.2 Å². The summed E-state index contributed by atoms with van der Waals surface area (Å²) in [5.74, 6) is -1.60. The monoisotopic (exact) mass is 405 g/mol. The van der Waals surface area contributed by atoms with Gasteiger partial charge in [0.2, 0.25) is 0 Å². The van der Waals surface area contributed by atoms with Gasteiger partial charge < -0.3 is 15.2 Å². The molecule has 2 aromatic rings. The van der Waals surface area contributed by atoms with Gasteiger partial charge >= 0.3 is 12.1 Å². The summed E-state index contributed by atoms with van der Waals surface area (Å²) >= 11 is 0. The van der Waals surface area contributed by atoms with Crippen molar-refractivity contribution in [3.63, 3.8) is 0 Å². The minimum absolute atomic E-state index is 0.00875. The maximum atomic E-state index is 12.1. The molecule has 9 nitrogen and oxygen atoms in total. The molecule has 3 rings (SSSR count). The molecule has 0 bridgehead atoms. The number of nitrogens with one attached hydrogen (secondary N) is 2. The zero-order chi connectivity index (χ0) is 20.3. The highest BCUT2D eigenvalue weighted by Crippen LogP contribution is 2.44. The second-order valence-corrected chi connectivity index (χ2v) is 7.63. The summed E-state index contributed by atoms with van der Waals surface area (Å²) in [5.41, 5.74) is 4.16. The average molecular weight is 405 g/mol. The second kappa shape index (κ2) is 7.97. The smallest absolute Gasteiger partial charge is 0.407 e. The fourth-order valence-corrected chi connectivity index (χ4v) is 3.58. The van der Waals surface area contributed by atoms with Crippen molar-refractivity contribution in [3.8, 4) is 11.1 Å². The van der Waals surface area contributed by atoms with E-state index >= 15 is 0 Å². The maximum Gasteiger partial charge on any atom is 0.407 e. The first-order valence-corrected chi connectivity index (χ1v) is 9.92. The first-order valence-electron chi connectivity index (χ1n) is 8.38. The Morgan fingerprint density at radius 1 is 1.07 bits per heavy atom. The van der Waals surface area contributed by atoms with Crippen molar-refractivity contribution >= 4 is 22.3 Å². The number of rotatable bonds is 7. The van der Waals surface area contributed by atoms with Gasteiger partial charge in [-0.1, -0.05) is 48.5 Å². The Balaban J connectivity index is 1.66. The summed E-state index contributed by atoms with van der Waals surface area (Å²) in [6.45, 7) is -0.590. The first kappa shape index (κ1) is 19.8. The number of fused-ring (bicyclic) bond motifs is 3. The number of ether oxygens (including phenoxy) is 1. The predicted octanol–water partition coefficient (Wildman–Crippen LogP) is 0.771. The molecular formula is C18H19N3O6S. The van der Waals surface area contributed by atoms with Crippen LogP contribution in [-0.2, 0) is 19.7 Å². The van der Waals surface area contributed by atoms with E-state index in [-0.39, 0.29) is 12.5 Å². The Kier molecular flexibility index (Phi) is 5.63. The lowest BCUT2D eigenvalue weighted by Crippen LogP contribution is -2.49. The molecule has 148 valence electrons. The standard InChI is InChI=1S/C18H19N3O6S/c19-28(25,26)20-9-16(17(22)23)21-18(24)27-10-15-13-7-3-1-5-11(13)12-6-2-4-8-14(12)15/h1-8,15-16,20H,9-10H2,(H,21,24)(H,22,23)(H2,19,25,26)/t16-/m0/s1. The SMILES string of the molecule is NS(=O)(=O)NC[C@H](NC(=O)OCC1c2ccccc2-c2ccccc21)C(=O)O. The summed E-state index contributed by atoms with van der Waals surface area (Å²) in [4.78, 5) is 23.3. The van der Waals surface area contributed by atoms with Gasteiger partial charge in [-0.15, -0.1) is 0 Å². The van der Waals surface area contributed by atoms with E-state index in [2.05, 4.69) is 5.32 Å². The molecule has 0 saturated heterocycles. The molecule has 1 amide bonds. The Bertz CT molecular complexity index is 962. The summed E-state index contributed by atoms with van der Waals surface area (Å²) < 4.78 is 28.9. The molecule has 5 N–H and O–H groups in total. The Hall–Kier alpha value is -2.95. The van der Waals surface area contributed by atoms with Crippen molar-refractivity contribution in [1.29, 1.82) is 0 Å². The molecule has 0 heterocycles. The van der Waals surface area contributed by atoms with Gasteiger partial charge in [0.15, 0.2) is 0 Å². The predicted molar refractivity (Wildman–Crippen MR) is 101 cm³/mol. The molecule has 1 atom stereocenters. The van der Waals surface area contributed by atoms with E-state index in [0.29, 0.717) is 0 Å². The molecule has 0 aliphatic heterocycles. The fourth-order valence-electron chi connectivity index (χ4n) is 3.18. The number of carbonyl (C=O) groups excluding carboxylic acids is 1. The number of carboxylic acid groups (broad SMARTS) is 1. The number of carboxylic acids is 1. The van der Waals surface area contributed by atoms with Crippen LogP contribution in [0.1, 0.15) is 17.0 Å². The molecule has 0 unspecified atom stereocenters. The Labute approximate surface area is 161 Å². The van der Waals surface area contributed by atoms with Crippen molar-refractivity contribution in [2.45, 2.75) is 12.0 Å². The number of hydrogen-bond acceptors (Lipinski definition) is 5. The van der Waals surface area contributed by atoms with Gasteiger partial charge in [0.25, 0.3) is 10.2 Å². The maximum absolute atomic E-state index is 12.1. The van der Waals surface area contributed by atoms with Crippen LogP contribution >= 0.6 is 0 Å². The molecule has 0 aromatic heterocycles. The number of nitrogens with two attached hydrogens (primary N) is 1. The largest absolute Gasteiger partial charge is 0.480 e. The minimum atomic E-state index is -4.09. The number of amides is 1. The van der Waals surface area contributed by atoms with Crippen LogP contribution in [0.4, 0.5) is 4.79 Å². The molecule has 28 heavy (non-hydrogen) atoms. The number of aliphatic carboxylic acids is 1. The van der Waals surface area contributed by atoms with E-state index in [1.54, 1.807) is 0 Å². The zero-order valence-electron chi connectivity index (χ0n) is 14.7. The normalized spacial score (nSPS) is 14.0. The molecular weight excluding hydrogens is 386 g/mol. The van der Waals surface area contributed by atoms with Gasteiger partial charge in [-0.2, -0.15) is 13.1 Å². The Morgan fingerprint density at radius 3 is 2.11 bits per heavy atom. The number of alkyl carbamates (subject to hydrolysis) is 1. The van der Waals surface area contributed by atoms with E-state index in [1.165, 1.54) is 0 Å².